The molecule has 2 N–H and O–H groups in total. The fraction of sp³-hybridized carbons (Fsp3) is 0.250. The second-order valence-corrected chi connectivity index (χ2v) is 6.82. The van der Waals surface area contributed by atoms with E-state index in [0.717, 1.165) is 16.6 Å². The Morgan fingerprint density at radius 3 is 2.86 bits per heavy atom. The van der Waals surface area contributed by atoms with Gasteiger partial charge < -0.3 is 15.0 Å². The van der Waals surface area contributed by atoms with Gasteiger partial charge in [-0.25, -0.2) is 0 Å². The summed E-state index contributed by atoms with van der Waals surface area (Å²) in [7, 11) is 1.57. The van der Waals surface area contributed by atoms with E-state index in [9.17, 15) is 14.9 Å². The van der Waals surface area contributed by atoms with Crippen molar-refractivity contribution in [2.45, 2.75) is 12.3 Å². The number of hydrogen-bond donors (Lipinski definition) is 2. The lowest BCUT2D eigenvalue weighted by Crippen LogP contribution is -2.28. The quantitative estimate of drug-likeness (QED) is 0.338. The maximum atomic E-state index is 12.5. The van der Waals surface area contributed by atoms with Gasteiger partial charge in [0.15, 0.2) is 0 Å². The standard InChI is InChI=1S/C20H20ClN3O4/c1-28-8-7-22-20(25)11-16(13-3-2-4-14(21)9-13)18-12-23-19-6-5-15(24(26)27)10-17(18)19/h2-6,9-10,12,16,23H,7-8,11H2,1H3,(H,22,25)/t16-/m1/s1. The molecule has 0 aliphatic carbocycles. The molecule has 0 aliphatic heterocycles. The molecule has 2 aromatic carbocycles. The molecular weight excluding hydrogens is 382 g/mol. The predicted octanol–water partition coefficient (Wildman–Crippen LogP) is 4.01. The average Bonchev–Trinajstić information content (AvgIpc) is 3.09. The first-order chi connectivity index (χ1) is 13.5. The van der Waals surface area contributed by atoms with E-state index < -0.39 is 4.92 Å². The van der Waals surface area contributed by atoms with Gasteiger partial charge in [0, 0.05) is 60.2 Å². The van der Waals surface area contributed by atoms with Crippen LogP contribution in [0.2, 0.25) is 5.02 Å². The number of aromatic amines is 1. The highest BCUT2D eigenvalue weighted by Gasteiger charge is 2.23. The highest BCUT2D eigenvalue weighted by Crippen LogP contribution is 2.35. The zero-order chi connectivity index (χ0) is 20.1. The zero-order valence-corrected chi connectivity index (χ0v) is 16.0. The van der Waals surface area contributed by atoms with Gasteiger partial charge in [0.2, 0.25) is 5.91 Å². The van der Waals surface area contributed by atoms with Crippen LogP contribution in [-0.4, -0.2) is 36.1 Å². The molecule has 146 valence electrons. The number of rotatable bonds is 8. The fourth-order valence-electron chi connectivity index (χ4n) is 3.21. The lowest BCUT2D eigenvalue weighted by atomic mass is 9.88. The molecule has 0 aliphatic rings. The Bertz CT molecular complexity index is 1000. The smallest absolute Gasteiger partial charge is 0.270 e. The highest BCUT2D eigenvalue weighted by molar-refractivity contribution is 6.30. The molecule has 8 heteroatoms. The number of H-pyrrole nitrogens is 1. The van der Waals surface area contributed by atoms with Crippen molar-refractivity contribution in [2.75, 3.05) is 20.3 Å². The number of aromatic nitrogens is 1. The van der Waals surface area contributed by atoms with Crippen LogP contribution in [-0.2, 0) is 9.53 Å². The maximum absolute atomic E-state index is 12.5. The van der Waals surface area contributed by atoms with Crippen LogP contribution in [0.5, 0.6) is 0 Å². The second kappa shape index (κ2) is 8.86. The molecule has 3 rings (SSSR count). The van der Waals surface area contributed by atoms with Crippen LogP contribution in [0.4, 0.5) is 5.69 Å². The monoisotopic (exact) mass is 401 g/mol. The van der Waals surface area contributed by atoms with Crippen molar-refractivity contribution in [1.82, 2.24) is 10.3 Å². The Kier molecular flexibility index (Phi) is 6.28. The highest BCUT2D eigenvalue weighted by atomic mass is 35.5. The van der Waals surface area contributed by atoms with Crippen molar-refractivity contribution in [3.05, 3.63) is 74.9 Å². The molecular formula is C20H20ClN3O4. The minimum Gasteiger partial charge on any atom is -0.383 e. The van der Waals surface area contributed by atoms with Gasteiger partial charge in [-0.1, -0.05) is 23.7 Å². The maximum Gasteiger partial charge on any atom is 0.270 e. The molecule has 1 aromatic heterocycles. The summed E-state index contributed by atoms with van der Waals surface area (Å²) in [5, 5.41) is 15.3. The van der Waals surface area contributed by atoms with Crippen molar-refractivity contribution in [1.29, 1.82) is 0 Å². The first-order valence-electron chi connectivity index (χ1n) is 8.76. The number of non-ortho nitro benzene ring substituents is 1. The largest absolute Gasteiger partial charge is 0.383 e. The normalized spacial score (nSPS) is 12.1. The molecule has 28 heavy (non-hydrogen) atoms. The molecule has 3 aromatic rings. The SMILES string of the molecule is COCCNC(=O)C[C@H](c1cccc(Cl)c1)c1c[nH]c2ccc([N+](=O)[O-])cc12. The molecule has 0 saturated carbocycles. The van der Waals surface area contributed by atoms with Gasteiger partial charge in [-0.2, -0.15) is 0 Å². The van der Waals surface area contributed by atoms with E-state index in [1.54, 1.807) is 25.4 Å². The lowest BCUT2D eigenvalue weighted by Gasteiger charge is -2.17. The van der Waals surface area contributed by atoms with E-state index in [-0.39, 0.29) is 23.9 Å². The third kappa shape index (κ3) is 4.49. The Balaban J connectivity index is 2.01. The Labute approximate surface area is 166 Å². The number of nitro groups is 1. The van der Waals surface area contributed by atoms with E-state index in [2.05, 4.69) is 10.3 Å². The first kappa shape index (κ1) is 19.9. The van der Waals surface area contributed by atoms with E-state index in [1.165, 1.54) is 12.1 Å². The van der Waals surface area contributed by atoms with Crippen LogP contribution >= 0.6 is 11.6 Å². The first-order valence-corrected chi connectivity index (χ1v) is 9.14. The summed E-state index contributed by atoms with van der Waals surface area (Å²) in [4.78, 5) is 26.4. The van der Waals surface area contributed by atoms with Gasteiger partial charge in [0.25, 0.3) is 5.69 Å². The Hall–Kier alpha value is -2.90. The van der Waals surface area contributed by atoms with Gasteiger partial charge >= 0.3 is 0 Å². The third-order valence-electron chi connectivity index (χ3n) is 4.55. The van der Waals surface area contributed by atoms with Gasteiger partial charge in [-0.15, -0.1) is 0 Å². The van der Waals surface area contributed by atoms with Gasteiger partial charge in [-0.05, 0) is 29.3 Å². The van der Waals surface area contributed by atoms with E-state index in [0.29, 0.717) is 23.6 Å². The van der Waals surface area contributed by atoms with Crippen LogP contribution in [0.25, 0.3) is 10.9 Å². The summed E-state index contributed by atoms with van der Waals surface area (Å²) < 4.78 is 4.96. The molecule has 0 unspecified atom stereocenters. The molecule has 0 radical (unpaired) electrons. The van der Waals surface area contributed by atoms with Crippen molar-refractivity contribution < 1.29 is 14.5 Å². The summed E-state index contributed by atoms with van der Waals surface area (Å²) in [5.74, 6) is -0.446. The zero-order valence-electron chi connectivity index (χ0n) is 15.3. The number of nitro benzene ring substituents is 1. The van der Waals surface area contributed by atoms with Crippen LogP contribution in [0.3, 0.4) is 0 Å². The number of amides is 1. The topological polar surface area (TPSA) is 97.3 Å². The van der Waals surface area contributed by atoms with Crippen LogP contribution in [0, 0.1) is 10.1 Å². The van der Waals surface area contributed by atoms with Gasteiger partial charge in [0.05, 0.1) is 11.5 Å². The summed E-state index contributed by atoms with van der Waals surface area (Å²) in [6.07, 6.45) is 1.97. The van der Waals surface area contributed by atoms with E-state index in [1.807, 2.05) is 18.2 Å². The number of nitrogens with zero attached hydrogens (tertiary/aromatic N) is 1. The summed E-state index contributed by atoms with van der Waals surface area (Å²) in [5.41, 5.74) is 2.44. The Morgan fingerprint density at radius 1 is 1.32 bits per heavy atom. The molecule has 1 heterocycles. The predicted molar refractivity (Wildman–Crippen MR) is 108 cm³/mol. The summed E-state index contributed by atoms with van der Waals surface area (Å²) in [6.45, 7) is 0.837. The van der Waals surface area contributed by atoms with Crippen LogP contribution in [0.15, 0.2) is 48.7 Å². The number of methoxy groups -OCH3 is 1. The number of fused-ring (bicyclic) bond motifs is 1. The van der Waals surface area contributed by atoms with E-state index >= 15 is 0 Å². The van der Waals surface area contributed by atoms with Crippen molar-refractivity contribution in [3.8, 4) is 0 Å². The number of hydrogen-bond acceptors (Lipinski definition) is 4. The molecule has 0 spiro atoms. The molecule has 1 atom stereocenters. The number of carbonyl (C=O) groups is 1. The summed E-state index contributed by atoms with van der Waals surface area (Å²) in [6, 6.07) is 12.0. The second-order valence-electron chi connectivity index (χ2n) is 6.39. The average molecular weight is 402 g/mol. The molecule has 0 fully saturated rings. The number of nitrogens with one attached hydrogen (secondary N) is 2. The number of ether oxygens (including phenoxy) is 1. The van der Waals surface area contributed by atoms with Crippen molar-refractivity contribution in [3.63, 3.8) is 0 Å². The third-order valence-corrected chi connectivity index (χ3v) is 4.79. The lowest BCUT2D eigenvalue weighted by molar-refractivity contribution is -0.384. The minimum atomic E-state index is -0.429. The van der Waals surface area contributed by atoms with Crippen LogP contribution in [0.1, 0.15) is 23.5 Å². The summed E-state index contributed by atoms with van der Waals surface area (Å²) >= 11 is 6.16. The van der Waals surface area contributed by atoms with Crippen LogP contribution < -0.4 is 5.32 Å². The number of benzene rings is 2. The van der Waals surface area contributed by atoms with Crippen molar-refractivity contribution >= 4 is 34.1 Å². The number of carbonyl (C=O) groups excluding carboxylic acids is 1. The van der Waals surface area contributed by atoms with Gasteiger partial charge in [-0.3, -0.25) is 14.9 Å². The fourth-order valence-corrected chi connectivity index (χ4v) is 3.41. The van der Waals surface area contributed by atoms with Crippen molar-refractivity contribution in [2.24, 2.45) is 0 Å². The molecule has 1 amide bonds. The molecule has 0 saturated heterocycles. The number of halogens is 1. The Morgan fingerprint density at radius 2 is 2.14 bits per heavy atom. The van der Waals surface area contributed by atoms with Gasteiger partial charge in [0.1, 0.15) is 0 Å². The molecule has 0 bridgehead atoms. The minimum absolute atomic E-state index is 0.00254. The van der Waals surface area contributed by atoms with E-state index in [4.69, 9.17) is 16.3 Å². The molecule has 7 nitrogen and oxygen atoms in total.